The first-order valence-corrected chi connectivity index (χ1v) is 11.1. The van der Waals surface area contributed by atoms with Gasteiger partial charge < -0.3 is 24.2 Å². The molecule has 170 valence electrons. The molecular weight excluding hydrogens is 404 g/mol. The minimum atomic E-state index is 0.641. The minimum absolute atomic E-state index is 0.641. The lowest BCUT2D eigenvalue weighted by molar-refractivity contribution is 0.255. The molecule has 32 heavy (non-hydrogen) atoms. The summed E-state index contributed by atoms with van der Waals surface area (Å²) in [6.45, 7) is 8.99. The number of nitrogens with zero attached hydrogens (tertiary/aromatic N) is 3. The Balaban J connectivity index is 1.22. The van der Waals surface area contributed by atoms with E-state index in [0.717, 1.165) is 56.3 Å². The zero-order valence-corrected chi connectivity index (χ0v) is 19.1. The molecule has 7 nitrogen and oxygen atoms in total. The van der Waals surface area contributed by atoms with Crippen molar-refractivity contribution in [2.75, 3.05) is 58.4 Å². The molecule has 7 heteroatoms. The quantitative estimate of drug-likeness (QED) is 0.515. The second-order valence-corrected chi connectivity index (χ2v) is 8.06. The molecule has 1 N–H and O–H groups in total. The number of para-hydroxylation sites is 1. The summed E-state index contributed by atoms with van der Waals surface area (Å²) in [4.78, 5) is 4.97. The SMILES string of the molecule is COc1cccc(-c2cc(CNCCN3CCN(c4ccc(C)cc4)CC3)on2)c1OC. The molecule has 3 aromatic rings. The second-order valence-electron chi connectivity index (χ2n) is 8.06. The fourth-order valence-electron chi connectivity index (χ4n) is 4.05. The number of hydrogen-bond acceptors (Lipinski definition) is 7. The number of methoxy groups -OCH3 is 2. The molecule has 0 aliphatic carbocycles. The lowest BCUT2D eigenvalue weighted by atomic mass is 10.1. The number of benzene rings is 2. The maximum atomic E-state index is 5.53. The predicted octanol–water partition coefficient (Wildman–Crippen LogP) is 3.58. The highest BCUT2D eigenvalue weighted by Gasteiger charge is 2.17. The van der Waals surface area contributed by atoms with E-state index < -0.39 is 0 Å². The molecule has 1 aliphatic rings. The van der Waals surface area contributed by atoms with Gasteiger partial charge in [0.15, 0.2) is 17.3 Å². The highest BCUT2D eigenvalue weighted by atomic mass is 16.5. The first kappa shape index (κ1) is 22.2. The van der Waals surface area contributed by atoms with E-state index in [1.807, 2.05) is 24.3 Å². The molecule has 0 radical (unpaired) electrons. The van der Waals surface area contributed by atoms with Crippen molar-refractivity contribution in [3.8, 4) is 22.8 Å². The van der Waals surface area contributed by atoms with Crippen molar-refractivity contribution in [3.05, 3.63) is 59.9 Å². The van der Waals surface area contributed by atoms with E-state index in [1.165, 1.54) is 11.3 Å². The van der Waals surface area contributed by atoms with E-state index in [2.05, 4.69) is 51.5 Å². The van der Waals surface area contributed by atoms with Crippen LogP contribution < -0.4 is 19.7 Å². The molecule has 0 unspecified atom stereocenters. The molecular formula is C25H32N4O3. The topological polar surface area (TPSA) is 63.0 Å². The van der Waals surface area contributed by atoms with Crippen LogP contribution in [0.1, 0.15) is 11.3 Å². The van der Waals surface area contributed by atoms with Crippen LogP contribution in [0, 0.1) is 6.92 Å². The molecule has 0 amide bonds. The molecule has 2 aromatic carbocycles. The minimum Gasteiger partial charge on any atom is -0.493 e. The zero-order chi connectivity index (χ0) is 22.3. The molecule has 0 atom stereocenters. The van der Waals surface area contributed by atoms with E-state index >= 15 is 0 Å². The number of nitrogens with one attached hydrogen (secondary N) is 1. The summed E-state index contributed by atoms with van der Waals surface area (Å²) in [5, 5.41) is 7.68. The van der Waals surface area contributed by atoms with Gasteiger partial charge in [-0.1, -0.05) is 28.9 Å². The maximum absolute atomic E-state index is 5.53. The molecule has 0 spiro atoms. The number of anilines is 1. The van der Waals surface area contributed by atoms with Crippen LogP contribution in [0.4, 0.5) is 5.69 Å². The van der Waals surface area contributed by atoms with Gasteiger partial charge in [0.25, 0.3) is 0 Å². The number of ether oxygens (including phenoxy) is 2. The Kier molecular flexibility index (Phi) is 7.29. The van der Waals surface area contributed by atoms with E-state index in [0.29, 0.717) is 18.0 Å². The van der Waals surface area contributed by atoms with Crippen molar-refractivity contribution in [1.82, 2.24) is 15.4 Å². The summed E-state index contributed by atoms with van der Waals surface area (Å²) in [5.74, 6) is 2.14. The average Bonchev–Trinajstić information content (AvgIpc) is 3.31. The lowest BCUT2D eigenvalue weighted by Gasteiger charge is -2.36. The Bertz CT molecular complexity index is 995. The van der Waals surface area contributed by atoms with Crippen molar-refractivity contribution in [2.45, 2.75) is 13.5 Å². The third-order valence-electron chi connectivity index (χ3n) is 5.91. The smallest absolute Gasteiger partial charge is 0.170 e. The molecule has 0 bridgehead atoms. The average molecular weight is 437 g/mol. The second kappa shape index (κ2) is 10.5. The van der Waals surface area contributed by atoms with E-state index in [9.17, 15) is 0 Å². The van der Waals surface area contributed by atoms with Crippen molar-refractivity contribution < 1.29 is 14.0 Å². The van der Waals surface area contributed by atoms with E-state index in [4.69, 9.17) is 14.0 Å². The largest absolute Gasteiger partial charge is 0.493 e. The molecule has 1 saturated heterocycles. The van der Waals surface area contributed by atoms with Gasteiger partial charge in [-0.2, -0.15) is 0 Å². The van der Waals surface area contributed by atoms with Gasteiger partial charge in [0, 0.05) is 56.6 Å². The van der Waals surface area contributed by atoms with Crippen LogP contribution in [0.2, 0.25) is 0 Å². The summed E-state index contributed by atoms with van der Waals surface area (Å²) in [6.07, 6.45) is 0. The Morgan fingerprint density at radius 3 is 2.50 bits per heavy atom. The van der Waals surface area contributed by atoms with Gasteiger partial charge in [0.05, 0.1) is 20.8 Å². The fraction of sp³-hybridized carbons (Fsp3) is 0.400. The third kappa shape index (κ3) is 5.23. The van der Waals surface area contributed by atoms with E-state index in [1.54, 1.807) is 14.2 Å². The Hall–Kier alpha value is -3.03. The number of piperazine rings is 1. The number of hydrogen-bond donors (Lipinski definition) is 1. The summed E-state index contributed by atoms with van der Waals surface area (Å²) >= 11 is 0. The fourth-order valence-corrected chi connectivity index (χ4v) is 4.05. The Morgan fingerprint density at radius 1 is 1.00 bits per heavy atom. The maximum Gasteiger partial charge on any atom is 0.170 e. The predicted molar refractivity (Wildman–Crippen MR) is 127 cm³/mol. The van der Waals surface area contributed by atoms with Crippen LogP contribution in [0.5, 0.6) is 11.5 Å². The molecule has 4 rings (SSSR count). The van der Waals surface area contributed by atoms with Crippen LogP contribution in [-0.2, 0) is 6.54 Å². The summed E-state index contributed by atoms with van der Waals surface area (Å²) in [7, 11) is 3.26. The van der Waals surface area contributed by atoms with Crippen LogP contribution >= 0.6 is 0 Å². The Morgan fingerprint density at radius 2 is 1.78 bits per heavy atom. The van der Waals surface area contributed by atoms with Gasteiger partial charge in [-0.25, -0.2) is 0 Å². The summed E-state index contributed by atoms with van der Waals surface area (Å²) < 4.78 is 16.4. The van der Waals surface area contributed by atoms with Crippen molar-refractivity contribution >= 4 is 5.69 Å². The Labute approximate surface area is 189 Å². The first-order valence-electron chi connectivity index (χ1n) is 11.1. The number of rotatable bonds is 9. The van der Waals surface area contributed by atoms with Gasteiger partial charge in [-0.15, -0.1) is 0 Å². The third-order valence-corrected chi connectivity index (χ3v) is 5.91. The zero-order valence-electron chi connectivity index (χ0n) is 19.1. The highest BCUT2D eigenvalue weighted by molar-refractivity contribution is 5.71. The molecule has 2 heterocycles. The van der Waals surface area contributed by atoms with Crippen LogP contribution in [-0.4, -0.2) is 63.5 Å². The number of aryl methyl sites for hydroxylation is 1. The van der Waals surface area contributed by atoms with Gasteiger partial charge in [0.2, 0.25) is 0 Å². The van der Waals surface area contributed by atoms with Gasteiger partial charge in [0.1, 0.15) is 5.69 Å². The van der Waals surface area contributed by atoms with Gasteiger partial charge >= 0.3 is 0 Å². The molecule has 1 aromatic heterocycles. The first-order chi connectivity index (χ1) is 15.7. The van der Waals surface area contributed by atoms with Crippen molar-refractivity contribution in [2.24, 2.45) is 0 Å². The highest BCUT2D eigenvalue weighted by Crippen LogP contribution is 2.37. The molecule has 1 fully saturated rings. The van der Waals surface area contributed by atoms with Crippen LogP contribution in [0.25, 0.3) is 11.3 Å². The summed E-state index contributed by atoms with van der Waals surface area (Å²) in [5.41, 5.74) is 4.22. The van der Waals surface area contributed by atoms with Gasteiger partial charge in [-0.05, 0) is 31.2 Å². The van der Waals surface area contributed by atoms with Crippen LogP contribution in [0.3, 0.4) is 0 Å². The van der Waals surface area contributed by atoms with Crippen LogP contribution in [0.15, 0.2) is 53.1 Å². The molecule has 0 saturated carbocycles. The van der Waals surface area contributed by atoms with Crippen molar-refractivity contribution in [3.63, 3.8) is 0 Å². The van der Waals surface area contributed by atoms with Crippen molar-refractivity contribution in [1.29, 1.82) is 0 Å². The monoisotopic (exact) mass is 436 g/mol. The molecule has 1 aliphatic heterocycles. The van der Waals surface area contributed by atoms with Gasteiger partial charge in [-0.3, -0.25) is 4.90 Å². The summed E-state index contributed by atoms with van der Waals surface area (Å²) in [6, 6.07) is 16.5. The lowest BCUT2D eigenvalue weighted by Crippen LogP contribution is -2.48. The standard InChI is InChI=1S/C25H32N4O3/c1-19-7-9-20(10-8-19)29-15-13-28(14-16-29)12-11-26-18-21-17-23(27-32-21)22-5-4-6-24(30-2)25(22)31-3/h4-10,17,26H,11-16,18H2,1-3H3. The normalized spacial score (nSPS) is 14.5. The van der Waals surface area contributed by atoms with E-state index in [-0.39, 0.29) is 0 Å². The number of aromatic nitrogens is 1.